The fourth-order valence-electron chi connectivity index (χ4n) is 3.74. The molecule has 1 saturated heterocycles. The number of aliphatic hydroxyl groups is 2. The number of β-amino-alcohol motifs (C(OH)–C–C–N with tert-alkyl or cyclic N) is 1. The first-order chi connectivity index (χ1) is 15.4. The second-order valence-electron chi connectivity index (χ2n) is 8.25. The van der Waals surface area contributed by atoms with Crippen LogP contribution in [0.2, 0.25) is 0 Å². The molecule has 2 aromatic carbocycles. The van der Waals surface area contributed by atoms with Gasteiger partial charge >= 0.3 is 0 Å². The van der Waals surface area contributed by atoms with E-state index in [1.54, 1.807) is 25.3 Å². The molecule has 176 valence electrons. The summed E-state index contributed by atoms with van der Waals surface area (Å²) in [6, 6.07) is 8.58. The van der Waals surface area contributed by atoms with Gasteiger partial charge < -0.3 is 29.9 Å². The summed E-state index contributed by atoms with van der Waals surface area (Å²) in [5.74, 6) is -0.577. The van der Waals surface area contributed by atoms with Crippen molar-refractivity contribution in [3.63, 3.8) is 0 Å². The van der Waals surface area contributed by atoms with Crippen LogP contribution in [0, 0.1) is 18.6 Å². The Labute approximate surface area is 187 Å². The number of piperidine rings is 1. The molecule has 3 rings (SSSR count). The van der Waals surface area contributed by atoms with Crippen molar-refractivity contribution in [2.24, 2.45) is 0 Å². The maximum absolute atomic E-state index is 14.0. The van der Waals surface area contributed by atoms with Crippen LogP contribution in [0.25, 0.3) is 0 Å². The largest absolute Gasteiger partial charge is 0.493 e. The Bertz CT molecular complexity index is 889. The Hall–Kier alpha value is -2.26. The second-order valence-corrected chi connectivity index (χ2v) is 8.25. The third kappa shape index (κ3) is 6.62. The molecule has 0 radical (unpaired) electrons. The molecular formula is C24H32F2N2O4. The maximum atomic E-state index is 14.0. The van der Waals surface area contributed by atoms with Gasteiger partial charge in [0.25, 0.3) is 0 Å². The van der Waals surface area contributed by atoms with Crippen LogP contribution in [-0.2, 0) is 13.1 Å². The van der Waals surface area contributed by atoms with Gasteiger partial charge in [-0.2, -0.15) is 0 Å². The van der Waals surface area contributed by atoms with Crippen LogP contribution < -0.4 is 14.8 Å². The number of hydrogen-bond acceptors (Lipinski definition) is 6. The molecule has 3 N–H and O–H groups in total. The molecule has 0 aliphatic carbocycles. The lowest BCUT2D eigenvalue weighted by atomic mass is 10.1. The minimum absolute atomic E-state index is 0.130. The number of hydrogen-bond donors (Lipinski definition) is 3. The number of aryl methyl sites for hydroxylation is 1. The van der Waals surface area contributed by atoms with Gasteiger partial charge in [0.2, 0.25) is 0 Å². The van der Waals surface area contributed by atoms with E-state index < -0.39 is 17.7 Å². The number of methoxy groups -OCH3 is 1. The highest BCUT2D eigenvalue weighted by molar-refractivity contribution is 5.43. The summed E-state index contributed by atoms with van der Waals surface area (Å²) >= 11 is 0. The van der Waals surface area contributed by atoms with E-state index >= 15 is 0 Å². The molecule has 1 heterocycles. The number of nitrogens with one attached hydrogen (secondary N) is 1. The predicted molar refractivity (Wildman–Crippen MR) is 118 cm³/mol. The van der Waals surface area contributed by atoms with Gasteiger partial charge in [0.1, 0.15) is 12.7 Å². The van der Waals surface area contributed by atoms with Crippen LogP contribution in [0.15, 0.2) is 30.3 Å². The number of rotatable bonds is 10. The Morgan fingerprint density at radius 1 is 1.09 bits per heavy atom. The lowest BCUT2D eigenvalue weighted by Gasteiger charge is -2.30. The number of aliphatic hydroxyl groups excluding tert-OH is 2. The molecule has 1 aliphatic heterocycles. The molecule has 2 aromatic rings. The van der Waals surface area contributed by atoms with Crippen LogP contribution >= 0.6 is 0 Å². The molecule has 6 nitrogen and oxygen atoms in total. The molecule has 0 spiro atoms. The summed E-state index contributed by atoms with van der Waals surface area (Å²) < 4.78 is 38.9. The quantitative estimate of drug-likeness (QED) is 0.517. The van der Waals surface area contributed by atoms with Crippen LogP contribution in [0.5, 0.6) is 11.5 Å². The number of likely N-dealkylation sites (tertiary alicyclic amines) is 1. The topological polar surface area (TPSA) is 74.2 Å². The van der Waals surface area contributed by atoms with E-state index in [1.807, 2.05) is 12.1 Å². The summed E-state index contributed by atoms with van der Waals surface area (Å²) in [5.41, 5.74) is 1.46. The summed E-state index contributed by atoms with van der Waals surface area (Å²) in [4.78, 5) is 2.12. The molecular weight excluding hydrogens is 418 g/mol. The second kappa shape index (κ2) is 11.6. The molecule has 0 aromatic heterocycles. The molecule has 1 aliphatic rings. The molecule has 1 fully saturated rings. The fourth-order valence-corrected chi connectivity index (χ4v) is 3.74. The average Bonchev–Trinajstić information content (AvgIpc) is 2.79. The number of ether oxygens (including phenoxy) is 2. The molecule has 32 heavy (non-hydrogen) atoms. The van der Waals surface area contributed by atoms with E-state index in [0.29, 0.717) is 24.6 Å². The van der Waals surface area contributed by atoms with Crippen molar-refractivity contribution in [3.8, 4) is 11.5 Å². The Morgan fingerprint density at radius 3 is 2.56 bits per heavy atom. The molecule has 0 amide bonds. The first-order valence-electron chi connectivity index (χ1n) is 10.9. The normalized spacial score (nSPS) is 16.2. The van der Waals surface area contributed by atoms with Crippen LogP contribution in [-0.4, -0.2) is 60.7 Å². The minimum Gasteiger partial charge on any atom is -0.493 e. The first kappa shape index (κ1) is 24.4. The van der Waals surface area contributed by atoms with Gasteiger partial charge in [-0.05, 0) is 43.0 Å². The van der Waals surface area contributed by atoms with Crippen LogP contribution in [0.1, 0.15) is 29.5 Å². The molecule has 1 atom stereocenters. The van der Waals surface area contributed by atoms with Crippen LogP contribution in [0.3, 0.4) is 0 Å². The van der Waals surface area contributed by atoms with Crippen molar-refractivity contribution in [1.82, 2.24) is 10.2 Å². The van der Waals surface area contributed by atoms with Crippen LogP contribution in [0.4, 0.5) is 8.78 Å². The fraction of sp³-hybridized carbons (Fsp3) is 0.500. The standard InChI is InChI=1S/C24H32F2N2O4/c1-16-3-5-18(24(26)23(16)25)13-27-12-17-4-6-21(22(11-17)31-2)32-15-20(30)14-28-9-7-19(29)8-10-28/h3-6,11,19-20,27,29-30H,7-10,12-15H2,1-2H3/t20-/m0/s1. The van der Waals surface area contributed by atoms with E-state index in [0.717, 1.165) is 31.5 Å². The summed E-state index contributed by atoms with van der Waals surface area (Å²) in [6.07, 6.45) is 0.556. The smallest absolute Gasteiger partial charge is 0.163 e. The summed E-state index contributed by atoms with van der Waals surface area (Å²) in [7, 11) is 1.54. The SMILES string of the molecule is COc1cc(CNCc2ccc(C)c(F)c2F)ccc1OC[C@@H](O)CN1CCC(O)CC1. The van der Waals surface area contributed by atoms with Crippen molar-refractivity contribution in [3.05, 3.63) is 58.7 Å². The van der Waals surface area contributed by atoms with E-state index in [2.05, 4.69) is 10.2 Å². The van der Waals surface area contributed by atoms with Gasteiger partial charge in [-0.15, -0.1) is 0 Å². The maximum Gasteiger partial charge on any atom is 0.163 e. The van der Waals surface area contributed by atoms with Gasteiger partial charge in [0, 0.05) is 38.3 Å². The highest BCUT2D eigenvalue weighted by Crippen LogP contribution is 2.28. The number of benzene rings is 2. The van der Waals surface area contributed by atoms with Gasteiger partial charge in [0.05, 0.1) is 13.2 Å². The highest BCUT2D eigenvalue weighted by atomic mass is 19.2. The molecule has 0 unspecified atom stereocenters. The average molecular weight is 451 g/mol. The van der Waals surface area contributed by atoms with Gasteiger partial charge in [-0.3, -0.25) is 0 Å². The number of halogens is 2. The Morgan fingerprint density at radius 2 is 1.84 bits per heavy atom. The van der Waals surface area contributed by atoms with Crippen molar-refractivity contribution < 1.29 is 28.5 Å². The van der Waals surface area contributed by atoms with E-state index in [-0.39, 0.29) is 30.4 Å². The predicted octanol–water partition coefficient (Wildman–Crippen LogP) is 2.77. The zero-order chi connectivity index (χ0) is 23.1. The molecule has 0 saturated carbocycles. The highest BCUT2D eigenvalue weighted by Gasteiger charge is 2.20. The Balaban J connectivity index is 1.49. The van der Waals surface area contributed by atoms with Gasteiger partial charge in [0.15, 0.2) is 23.1 Å². The Kier molecular flexibility index (Phi) is 8.81. The third-order valence-corrected chi connectivity index (χ3v) is 5.69. The van der Waals surface area contributed by atoms with Crippen molar-refractivity contribution in [2.75, 3.05) is 33.4 Å². The zero-order valence-corrected chi connectivity index (χ0v) is 18.6. The monoisotopic (exact) mass is 450 g/mol. The van der Waals surface area contributed by atoms with E-state index in [4.69, 9.17) is 9.47 Å². The number of nitrogens with zero attached hydrogens (tertiary/aromatic N) is 1. The van der Waals surface area contributed by atoms with Crippen molar-refractivity contribution in [2.45, 2.75) is 45.1 Å². The summed E-state index contributed by atoms with van der Waals surface area (Å²) in [5, 5.41) is 23.0. The van der Waals surface area contributed by atoms with E-state index in [1.165, 1.54) is 6.92 Å². The first-order valence-corrected chi connectivity index (χ1v) is 10.9. The van der Waals surface area contributed by atoms with Crippen molar-refractivity contribution >= 4 is 0 Å². The minimum atomic E-state index is -0.821. The molecule has 8 heteroatoms. The third-order valence-electron chi connectivity index (χ3n) is 5.69. The molecule has 0 bridgehead atoms. The van der Waals surface area contributed by atoms with Crippen molar-refractivity contribution in [1.29, 1.82) is 0 Å². The summed E-state index contributed by atoms with van der Waals surface area (Å²) in [6.45, 7) is 4.32. The van der Waals surface area contributed by atoms with Gasteiger partial charge in [-0.25, -0.2) is 8.78 Å². The lowest BCUT2D eigenvalue weighted by Crippen LogP contribution is -2.41. The lowest BCUT2D eigenvalue weighted by molar-refractivity contribution is 0.0333. The zero-order valence-electron chi connectivity index (χ0n) is 18.6. The van der Waals surface area contributed by atoms with E-state index in [9.17, 15) is 19.0 Å². The van der Waals surface area contributed by atoms with Gasteiger partial charge in [-0.1, -0.05) is 18.2 Å².